The molecule has 1 atom stereocenters. The first-order valence-corrected chi connectivity index (χ1v) is 10.3. The van der Waals surface area contributed by atoms with Gasteiger partial charge in [-0.25, -0.2) is 0 Å². The van der Waals surface area contributed by atoms with Crippen LogP contribution in [0, 0.1) is 0 Å². The minimum atomic E-state index is -0.368. The summed E-state index contributed by atoms with van der Waals surface area (Å²) in [7, 11) is 0. The number of rotatable bonds is 6. The molecule has 2 N–H and O–H groups in total. The summed E-state index contributed by atoms with van der Waals surface area (Å²) in [5, 5.41) is 1.99. The Balaban J connectivity index is 1.58. The lowest BCUT2D eigenvalue weighted by Gasteiger charge is -2.28. The van der Waals surface area contributed by atoms with Gasteiger partial charge < -0.3 is 20.1 Å². The fourth-order valence-corrected chi connectivity index (χ4v) is 4.37. The van der Waals surface area contributed by atoms with E-state index in [4.69, 9.17) is 15.2 Å². The molecule has 2 amide bonds. The molecule has 2 aliphatic rings. The van der Waals surface area contributed by atoms with E-state index >= 15 is 0 Å². The van der Waals surface area contributed by atoms with Crippen LogP contribution in [0.25, 0.3) is 0 Å². The third-order valence-electron chi connectivity index (χ3n) is 5.06. The molecule has 8 heteroatoms. The van der Waals surface area contributed by atoms with E-state index in [1.54, 1.807) is 16.2 Å². The molecular weight excluding hydrogens is 378 g/mol. The van der Waals surface area contributed by atoms with Crippen molar-refractivity contribution in [2.45, 2.75) is 25.4 Å². The molecule has 28 heavy (non-hydrogen) atoms. The van der Waals surface area contributed by atoms with Gasteiger partial charge in [0.2, 0.25) is 11.8 Å². The summed E-state index contributed by atoms with van der Waals surface area (Å²) in [6.07, 6.45) is 1.58. The minimum Gasteiger partial charge on any atom is -0.486 e. The van der Waals surface area contributed by atoms with Crippen LogP contribution in [0.2, 0.25) is 0 Å². The second kappa shape index (κ2) is 8.20. The van der Waals surface area contributed by atoms with Crippen molar-refractivity contribution in [3.8, 4) is 11.5 Å². The van der Waals surface area contributed by atoms with Crippen LogP contribution < -0.4 is 20.1 Å². The van der Waals surface area contributed by atoms with Gasteiger partial charge in [0, 0.05) is 16.6 Å². The summed E-state index contributed by atoms with van der Waals surface area (Å²) in [4.78, 5) is 29.6. The van der Waals surface area contributed by atoms with Gasteiger partial charge in [0.05, 0.1) is 19.1 Å². The maximum atomic E-state index is 13.2. The van der Waals surface area contributed by atoms with Gasteiger partial charge >= 0.3 is 0 Å². The standard InChI is InChI=1S/C20H23N3O4S/c21-20(25)16-4-1-7-22(16)13-19(24)23(12-15-3-2-10-28-15)14-5-6-17-18(11-14)27-9-8-26-17/h2-3,5-6,10-11,16H,1,4,7-9,12-13H2,(H2,21,25)/t16-/m1/s1. The quantitative estimate of drug-likeness (QED) is 0.800. The Labute approximate surface area is 167 Å². The number of carbonyl (C=O) groups excluding carboxylic acids is 2. The molecule has 1 fully saturated rings. The number of primary amides is 1. The van der Waals surface area contributed by atoms with E-state index in [1.165, 1.54) is 0 Å². The number of thiophene rings is 1. The number of hydrogen-bond donors (Lipinski definition) is 1. The fourth-order valence-electron chi connectivity index (χ4n) is 3.68. The van der Waals surface area contributed by atoms with Gasteiger partial charge in [-0.1, -0.05) is 6.07 Å². The van der Waals surface area contributed by atoms with Crippen molar-refractivity contribution in [2.75, 3.05) is 31.2 Å². The summed E-state index contributed by atoms with van der Waals surface area (Å²) in [6, 6.07) is 9.15. The van der Waals surface area contributed by atoms with Crippen LogP contribution in [0.1, 0.15) is 17.7 Å². The average Bonchev–Trinajstić information content (AvgIpc) is 3.37. The Kier molecular flexibility index (Phi) is 5.50. The molecule has 0 unspecified atom stereocenters. The van der Waals surface area contributed by atoms with E-state index in [1.807, 2.05) is 40.6 Å². The number of benzene rings is 1. The van der Waals surface area contributed by atoms with E-state index < -0.39 is 0 Å². The van der Waals surface area contributed by atoms with E-state index in [-0.39, 0.29) is 24.4 Å². The lowest BCUT2D eigenvalue weighted by Crippen LogP contribution is -2.46. The molecule has 2 aromatic rings. The highest BCUT2D eigenvalue weighted by Crippen LogP contribution is 2.35. The van der Waals surface area contributed by atoms with E-state index in [0.29, 0.717) is 44.2 Å². The van der Waals surface area contributed by atoms with E-state index in [0.717, 1.165) is 17.0 Å². The third-order valence-corrected chi connectivity index (χ3v) is 5.92. The fraction of sp³-hybridized carbons (Fsp3) is 0.400. The van der Waals surface area contributed by atoms with Crippen LogP contribution >= 0.6 is 11.3 Å². The number of likely N-dealkylation sites (tertiary alicyclic amines) is 1. The number of nitrogens with two attached hydrogens (primary N) is 1. The zero-order chi connectivity index (χ0) is 19.5. The molecule has 3 heterocycles. The maximum absolute atomic E-state index is 13.2. The smallest absolute Gasteiger partial charge is 0.241 e. The van der Waals surface area contributed by atoms with Gasteiger partial charge in [-0.3, -0.25) is 14.5 Å². The second-order valence-electron chi connectivity index (χ2n) is 6.92. The summed E-state index contributed by atoms with van der Waals surface area (Å²) < 4.78 is 11.3. The molecule has 4 rings (SSSR count). The van der Waals surface area contributed by atoms with Gasteiger partial charge in [0.25, 0.3) is 0 Å². The lowest BCUT2D eigenvalue weighted by atomic mass is 10.2. The molecule has 0 aliphatic carbocycles. The molecule has 7 nitrogen and oxygen atoms in total. The SMILES string of the molecule is NC(=O)[C@H]1CCCN1CC(=O)N(Cc1cccs1)c1ccc2c(c1)OCCO2. The van der Waals surface area contributed by atoms with Crippen molar-refractivity contribution in [3.05, 3.63) is 40.6 Å². The first-order chi connectivity index (χ1) is 13.6. The van der Waals surface area contributed by atoms with Crippen LogP contribution in [-0.4, -0.2) is 49.1 Å². The van der Waals surface area contributed by atoms with E-state index in [9.17, 15) is 9.59 Å². The van der Waals surface area contributed by atoms with Gasteiger partial charge in [-0.05, 0) is 43.0 Å². The summed E-state index contributed by atoms with van der Waals surface area (Å²) >= 11 is 1.60. The van der Waals surface area contributed by atoms with Crippen LogP contribution in [-0.2, 0) is 16.1 Å². The van der Waals surface area contributed by atoms with Crippen LogP contribution in [0.3, 0.4) is 0 Å². The lowest BCUT2D eigenvalue weighted by molar-refractivity contribution is -0.124. The van der Waals surface area contributed by atoms with Crippen molar-refractivity contribution in [2.24, 2.45) is 5.73 Å². The molecule has 148 valence electrons. The first kappa shape index (κ1) is 18.8. The number of amides is 2. The molecule has 1 aromatic carbocycles. The minimum absolute atomic E-state index is 0.0711. The Morgan fingerprint density at radius 2 is 2.04 bits per heavy atom. The van der Waals surface area contributed by atoms with Gasteiger partial charge in [-0.2, -0.15) is 0 Å². The normalized spacial score (nSPS) is 18.8. The zero-order valence-corrected chi connectivity index (χ0v) is 16.3. The van der Waals surface area contributed by atoms with Crippen LogP contribution in [0.15, 0.2) is 35.7 Å². The topological polar surface area (TPSA) is 85.1 Å². The summed E-state index contributed by atoms with van der Waals surface area (Å²) in [5.74, 6) is 0.892. The van der Waals surface area contributed by atoms with Crippen molar-refractivity contribution in [1.82, 2.24) is 4.90 Å². The number of ether oxygens (including phenoxy) is 2. The summed E-state index contributed by atoms with van der Waals surface area (Å²) in [6.45, 7) is 2.34. The van der Waals surface area contributed by atoms with E-state index in [2.05, 4.69) is 0 Å². The number of anilines is 1. The molecular formula is C20H23N3O4S. The zero-order valence-electron chi connectivity index (χ0n) is 15.5. The Morgan fingerprint density at radius 3 is 2.79 bits per heavy atom. The van der Waals surface area contributed by atoms with Gasteiger partial charge in [0.1, 0.15) is 13.2 Å². The highest BCUT2D eigenvalue weighted by molar-refractivity contribution is 7.09. The molecule has 1 saturated heterocycles. The number of nitrogens with zero attached hydrogens (tertiary/aromatic N) is 2. The molecule has 0 bridgehead atoms. The van der Waals surface area contributed by atoms with Crippen molar-refractivity contribution >= 4 is 28.8 Å². The maximum Gasteiger partial charge on any atom is 0.241 e. The van der Waals surface area contributed by atoms with Crippen LogP contribution in [0.5, 0.6) is 11.5 Å². The number of carbonyl (C=O) groups is 2. The third kappa shape index (κ3) is 3.98. The number of fused-ring (bicyclic) bond motifs is 1. The average molecular weight is 401 g/mol. The monoisotopic (exact) mass is 401 g/mol. The van der Waals surface area contributed by atoms with Crippen molar-refractivity contribution in [3.63, 3.8) is 0 Å². The number of hydrogen-bond acceptors (Lipinski definition) is 6. The first-order valence-electron chi connectivity index (χ1n) is 9.37. The Hall–Kier alpha value is -2.58. The van der Waals surface area contributed by atoms with Crippen molar-refractivity contribution in [1.29, 1.82) is 0 Å². The predicted octanol–water partition coefficient (Wildman–Crippen LogP) is 2.00. The largest absolute Gasteiger partial charge is 0.486 e. The van der Waals surface area contributed by atoms with Gasteiger partial charge in [0.15, 0.2) is 11.5 Å². The second-order valence-corrected chi connectivity index (χ2v) is 7.95. The predicted molar refractivity (Wildman–Crippen MR) is 107 cm³/mol. The Bertz CT molecular complexity index is 855. The Morgan fingerprint density at radius 1 is 1.21 bits per heavy atom. The molecule has 0 radical (unpaired) electrons. The molecule has 0 saturated carbocycles. The summed E-state index contributed by atoms with van der Waals surface area (Å²) in [5.41, 5.74) is 6.25. The van der Waals surface area contributed by atoms with Gasteiger partial charge in [-0.15, -0.1) is 11.3 Å². The molecule has 0 spiro atoms. The van der Waals surface area contributed by atoms with Crippen LogP contribution in [0.4, 0.5) is 5.69 Å². The molecule has 1 aromatic heterocycles. The van der Waals surface area contributed by atoms with Crippen molar-refractivity contribution < 1.29 is 19.1 Å². The highest BCUT2D eigenvalue weighted by Gasteiger charge is 2.32. The highest BCUT2D eigenvalue weighted by atomic mass is 32.1. The molecule has 2 aliphatic heterocycles.